The van der Waals surface area contributed by atoms with Gasteiger partial charge in [0.2, 0.25) is 0 Å². The Balaban J connectivity index is 1.21. The van der Waals surface area contributed by atoms with Crippen LogP contribution in [0, 0.1) is 0 Å². The van der Waals surface area contributed by atoms with Crippen molar-refractivity contribution in [1.29, 1.82) is 0 Å². The second-order valence-corrected chi connectivity index (χ2v) is 12.4. The fourth-order valence-corrected chi connectivity index (χ4v) is 7.89. The molecule has 0 saturated carbocycles. The van der Waals surface area contributed by atoms with Crippen molar-refractivity contribution in [1.82, 2.24) is 20.2 Å². The van der Waals surface area contributed by atoms with Gasteiger partial charge in [0.05, 0.1) is 11.1 Å². The Labute approximate surface area is 235 Å². The zero-order valence-corrected chi connectivity index (χ0v) is 23.0. The molecule has 7 nitrogen and oxygen atoms in total. The van der Waals surface area contributed by atoms with Crippen molar-refractivity contribution >= 4 is 27.5 Å². The average Bonchev–Trinajstić information content (AvgIpc) is 3.57. The van der Waals surface area contributed by atoms with Gasteiger partial charge < -0.3 is 20.1 Å². The minimum absolute atomic E-state index is 0.132. The van der Waals surface area contributed by atoms with Crippen LogP contribution in [0.2, 0.25) is 0 Å². The van der Waals surface area contributed by atoms with Crippen LogP contribution in [0.1, 0.15) is 44.9 Å². The van der Waals surface area contributed by atoms with Crippen LogP contribution in [0.25, 0.3) is 32.8 Å². The largest absolute Gasteiger partial charge is 0.508 e. The van der Waals surface area contributed by atoms with Crippen LogP contribution in [-0.4, -0.2) is 70.4 Å². The van der Waals surface area contributed by atoms with E-state index in [9.17, 15) is 5.11 Å². The van der Waals surface area contributed by atoms with E-state index in [2.05, 4.69) is 39.4 Å². The third-order valence-corrected chi connectivity index (χ3v) is 9.86. The number of benzene rings is 3. The molecule has 3 aromatic carbocycles. The van der Waals surface area contributed by atoms with E-state index in [1.165, 1.54) is 58.0 Å². The Bertz CT molecular complexity index is 1580. The number of phenolic OH excluding ortho intramolecular Hbond substituents is 1. The maximum atomic E-state index is 10.5. The number of fused-ring (bicyclic) bond motifs is 5. The fourth-order valence-electron chi connectivity index (χ4n) is 7.89. The molecule has 0 spiro atoms. The van der Waals surface area contributed by atoms with E-state index in [1.54, 1.807) is 0 Å². The number of nitrogens with one attached hydrogen (secondary N) is 1. The minimum Gasteiger partial charge on any atom is -0.508 e. The highest BCUT2D eigenvalue weighted by Crippen LogP contribution is 2.39. The fraction of sp³-hybridized carbons (Fsp3) is 0.455. The lowest BCUT2D eigenvalue weighted by Gasteiger charge is -2.41. The summed E-state index contributed by atoms with van der Waals surface area (Å²) in [6.45, 7) is 4.93. The van der Waals surface area contributed by atoms with Crippen LogP contribution >= 0.6 is 0 Å². The topological polar surface area (TPSA) is 73.8 Å². The smallest absolute Gasteiger partial charge is 0.319 e. The Hall–Kier alpha value is -3.42. The average molecular weight is 536 g/mol. The Morgan fingerprint density at radius 1 is 0.900 bits per heavy atom. The van der Waals surface area contributed by atoms with Gasteiger partial charge in [-0.15, -0.1) is 0 Å². The van der Waals surface area contributed by atoms with E-state index in [-0.39, 0.29) is 11.3 Å². The van der Waals surface area contributed by atoms with Gasteiger partial charge in [0.25, 0.3) is 0 Å². The molecule has 3 unspecified atom stereocenters. The van der Waals surface area contributed by atoms with E-state index in [4.69, 9.17) is 14.7 Å². The molecule has 4 fully saturated rings. The number of hydrogen-bond acceptors (Lipinski definition) is 7. The van der Waals surface area contributed by atoms with Gasteiger partial charge in [0.1, 0.15) is 18.2 Å². The van der Waals surface area contributed by atoms with Gasteiger partial charge in [-0.1, -0.05) is 36.8 Å². The van der Waals surface area contributed by atoms with E-state index < -0.39 is 0 Å². The molecule has 4 aromatic rings. The molecule has 1 aromatic heterocycles. The molecule has 40 heavy (non-hydrogen) atoms. The third-order valence-electron chi connectivity index (χ3n) is 9.86. The first-order valence-corrected chi connectivity index (χ1v) is 15.1. The molecule has 7 heteroatoms. The number of nitrogens with zero attached hydrogens (tertiary/aromatic N) is 4. The van der Waals surface area contributed by atoms with Crippen LogP contribution in [0.4, 0.5) is 5.82 Å². The van der Waals surface area contributed by atoms with Crippen molar-refractivity contribution in [3.8, 4) is 22.9 Å². The number of aromatic hydroxyl groups is 1. The zero-order chi connectivity index (χ0) is 26.7. The normalized spacial score (nSPS) is 26.4. The summed E-state index contributed by atoms with van der Waals surface area (Å²) in [6, 6.07) is 19.8. The van der Waals surface area contributed by atoms with Gasteiger partial charge in [-0.2, -0.15) is 9.97 Å². The van der Waals surface area contributed by atoms with Gasteiger partial charge in [0.15, 0.2) is 0 Å². The molecule has 4 aliphatic heterocycles. The summed E-state index contributed by atoms with van der Waals surface area (Å²) in [4.78, 5) is 15.2. The molecule has 8 rings (SSSR count). The quantitative estimate of drug-likeness (QED) is 0.350. The second-order valence-electron chi connectivity index (χ2n) is 12.4. The number of phenols is 1. The molecule has 4 aliphatic rings. The standard InChI is InChI=1S/C33H37N5O2/c39-26-16-22-6-1-2-7-27(22)29(18-26)23-8-11-28-30(17-23)35-32(36-31(28)37-19-24-9-10-25(20-37)34-24)40-21-33-12-3-4-14-38(33)15-5-13-33/h1-2,6-8,11,16-18,24-25,34,39H,3-5,9-10,12-15,19-21H2. The molecule has 3 atom stereocenters. The maximum Gasteiger partial charge on any atom is 0.319 e. The Kier molecular flexibility index (Phi) is 5.85. The molecule has 0 aliphatic carbocycles. The highest BCUT2D eigenvalue weighted by Gasteiger charge is 2.43. The maximum absolute atomic E-state index is 10.5. The summed E-state index contributed by atoms with van der Waals surface area (Å²) in [5.41, 5.74) is 3.06. The van der Waals surface area contributed by atoms with Gasteiger partial charge in [0, 0.05) is 30.6 Å². The summed E-state index contributed by atoms with van der Waals surface area (Å²) in [7, 11) is 0. The van der Waals surface area contributed by atoms with Crippen LogP contribution in [0.3, 0.4) is 0 Å². The molecule has 2 N–H and O–H groups in total. The lowest BCUT2D eigenvalue weighted by Crippen LogP contribution is -2.52. The number of aromatic nitrogens is 2. The van der Waals surface area contributed by atoms with Crippen LogP contribution < -0.4 is 15.0 Å². The van der Waals surface area contributed by atoms with Crippen molar-refractivity contribution in [3.63, 3.8) is 0 Å². The summed E-state index contributed by atoms with van der Waals surface area (Å²) >= 11 is 0. The van der Waals surface area contributed by atoms with Crippen molar-refractivity contribution in [2.75, 3.05) is 37.7 Å². The van der Waals surface area contributed by atoms with Crippen LogP contribution in [0.5, 0.6) is 11.8 Å². The molecule has 5 heterocycles. The van der Waals surface area contributed by atoms with Crippen molar-refractivity contribution in [2.24, 2.45) is 0 Å². The predicted molar refractivity (Wildman–Crippen MR) is 159 cm³/mol. The van der Waals surface area contributed by atoms with Crippen LogP contribution in [0.15, 0.2) is 54.6 Å². The molecule has 4 saturated heterocycles. The van der Waals surface area contributed by atoms with Gasteiger partial charge in [-0.3, -0.25) is 4.90 Å². The van der Waals surface area contributed by atoms with E-state index in [0.717, 1.165) is 51.7 Å². The monoisotopic (exact) mass is 535 g/mol. The SMILES string of the molecule is Oc1cc(-c2ccc3c(N4CC5CCC(C4)N5)nc(OCC45CCCCN4CCC5)nc3c2)c2ccccc2c1. The van der Waals surface area contributed by atoms with E-state index in [0.29, 0.717) is 24.7 Å². The first kappa shape index (κ1) is 24.4. The van der Waals surface area contributed by atoms with Crippen molar-refractivity contribution < 1.29 is 9.84 Å². The molecule has 2 bridgehead atoms. The highest BCUT2D eigenvalue weighted by atomic mass is 16.5. The minimum atomic E-state index is 0.132. The molecule has 206 valence electrons. The van der Waals surface area contributed by atoms with E-state index >= 15 is 0 Å². The Morgan fingerprint density at radius 2 is 1.73 bits per heavy atom. The lowest BCUT2D eigenvalue weighted by molar-refractivity contribution is 0.0388. The first-order chi connectivity index (χ1) is 19.6. The molecular formula is C33H37N5O2. The lowest BCUT2D eigenvalue weighted by atomic mass is 9.87. The summed E-state index contributed by atoms with van der Waals surface area (Å²) in [5.74, 6) is 1.25. The van der Waals surface area contributed by atoms with Gasteiger partial charge in [-0.25, -0.2) is 0 Å². The van der Waals surface area contributed by atoms with Crippen molar-refractivity contribution in [3.05, 3.63) is 54.6 Å². The molecule has 0 amide bonds. The molecule has 0 radical (unpaired) electrons. The number of piperazine rings is 1. The van der Waals surface area contributed by atoms with Crippen LogP contribution in [-0.2, 0) is 0 Å². The third kappa shape index (κ3) is 4.18. The zero-order valence-electron chi connectivity index (χ0n) is 23.0. The van der Waals surface area contributed by atoms with E-state index in [1.807, 2.05) is 30.3 Å². The summed E-state index contributed by atoms with van der Waals surface area (Å²) < 4.78 is 6.55. The van der Waals surface area contributed by atoms with Crippen molar-refractivity contribution in [2.45, 2.75) is 62.6 Å². The van der Waals surface area contributed by atoms with Gasteiger partial charge in [-0.05, 0) is 97.8 Å². The number of piperidine rings is 1. The van der Waals surface area contributed by atoms with Gasteiger partial charge >= 0.3 is 6.01 Å². The summed E-state index contributed by atoms with van der Waals surface area (Å²) in [5, 5.41) is 17.4. The number of hydrogen-bond donors (Lipinski definition) is 2. The molecular weight excluding hydrogens is 498 g/mol. The number of ether oxygens (including phenoxy) is 1. The summed E-state index contributed by atoms with van der Waals surface area (Å²) in [6.07, 6.45) is 8.65. The predicted octanol–water partition coefficient (Wildman–Crippen LogP) is 5.49. The first-order valence-electron chi connectivity index (χ1n) is 15.1. The number of anilines is 1. The highest BCUT2D eigenvalue weighted by molar-refractivity contribution is 6.00. The Morgan fingerprint density at radius 3 is 2.62 bits per heavy atom. The number of rotatable bonds is 5. The second kappa shape index (κ2) is 9.60.